The molecule has 1 aromatic heterocycles. The Morgan fingerprint density at radius 1 is 1.00 bits per heavy atom. The van der Waals surface area contributed by atoms with Gasteiger partial charge in [-0.25, -0.2) is 0 Å². The fraction of sp³-hybridized carbons (Fsp3) is 0.278. The number of nitrogens with zero attached hydrogens (tertiary/aromatic N) is 1. The molecular weight excluding hydrogens is 246 g/mol. The molecule has 0 atom stereocenters. The van der Waals surface area contributed by atoms with Gasteiger partial charge in [0.1, 0.15) is 5.75 Å². The molecule has 0 spiro atoms. The largest absolute Gasteiger partial charge is 0.497 e. The van der Waals surface area contributed by atoms with Crippen molar-refractivity contribution in [2.75, 3.05) is 7.11 Å². The fourth-order valence-electron chi connectivity index (χ4n) is 2.67. The molecule has 0 N–H and O–H groups in total. The fourth-order valence-corrected chi connectivity index (χ4v) is 2.67. The third kappa shape index (κ3) is 2.22. The van der Waals surface area contributed by atoms with Crippen LogP contribution in [0.3, 0.4) is 0 Å². The molecule has 0 aliphatic carbocycles. The first-order valence-electron chi connectivity index (χ1n) is 7.19. The first kappa shape index (κ1) is 12.9. The van der Waals surface area contributed by atoms with Crippen LogP contribution in [0.2, 0.25) is 0 Å². The van der Waals surface area contributed by atoms with E-state index < -0.39 is 0 Å². The molecule has 102 valence electrons. The van der Waals surface area contributed by atoms with Crippen LogP contribution < -0.4 is 4.74 Å². The maximum atomic E-state index is 5.32. The Morgan fingerprint density at radius 2 is 1.80 bits per heavy atom. The minimum atomic E-state index is 0.863. The molecule has 0 fully saturated rings. The minimum Gasteiger partial charge on any atom is -0.497 e. The summed E-state index contributed by atoms with van der Waals surface area (Å²) in [6.45, 7) is 2.21. The Labute approximate surface area is 119 Å². The summed E-state index contributed by atoms with van der Waals surface area (Å²) in [7, 11) is 1.69. The first-order chi connectivity index (χ1) is 9.83. The van der Waals surface area contributed by atoms with Crippen molar-refractivity contribution in [2.24, 2.45) is 0 Å². The molecule has 0 aliphatic rings. The summed E-state index contributed by atoms with van der Waals surface area (Å²) in [6.07, 6.45) is 3.39. The van der Waals surface area contributed by atoms with Crippen molar-refractivity contribution in [1.82, 2.24) is 4.98 Å². The van der Waals surface area contributed by atoms with E-state index in [9.17, 15) is 0 Å². The monoisotopic (exact) mass is 265 g/mol. The molecule has 0 unspecified atom stereocenters. The first-order valence-corrected chi connectivity index (χ1v) is 7.19. The van der Waals surface area contributed by atoms with E-state index in [1.54, 1.807) is 7.11 Å². The van der Waals surface area contributed by atoms with Crippen LogP contribution >= 0.6 is 0 Å². The second-order valence-electron chi connectivity index (χ2n) is 5.09. The van der Waals surface area contributed by atoms with Gasteiger partial charge in [0.25, 0.3) is 0 Å². The number of hydrogen-bond acceptors (Lipinski definition) is 2. The van der Waals surface area contributed by atoms with Crippen molar-refractivity contribution < 1.29 is 4.74 Å². The van der Waals surface area contributed by atoms with E-state index in [0.717, 1.165) is 17.7 Å². The van der Waals surface area contributed by atoms with E-state index in [1.807, 2.05) is 12.1 Å². The lowest BCUT2D eigenvalue weighted by molar-refractivity contribution is 0.415. The highest BCUT2D eigenvalue weighted by Crippen LogP contribution is 2.29. The number of ether oxygens (including phenoxy) is 1. The molecule has 2 nitrogen and oxygen atoms in total. The molecule has 0 saturated heterocycles. The van der Waals surface area contributed by atoms with Gasteiger partial charge in [-0.3, -0.25) is 4.98 Å². The summed E-state index contributed by atoms with van der Waals surface area (Å²) >= 11 is 0. The molecule has 0 amide bonds. The zero-order chi connectivity index (χ0) is 13.9. The van der Waals surface area contributed by atoms with E-state index in [-0.39, 0.29) is 0 Å². The van der Waals surface area contributed by atoms with Gasteiger partial charge >= 0.3 is 0 Å². The molecule has 20 heavy (non-hydrogen) atoms. The SMILES string of the molecule is CCCCc1nc2cc(OC)ccc2c2ccccc12. The van der Waals surface area contributed by atoms with E-state index in [0.29, 0.717) is 0 Å². The molecule has 2 aromatic carbocycles. The number of pyridine rings is 1. The van der Waals surface area contributed by atoms with E-state index in [4.69, 9.17) is 9.72 Å². The number of hydrogen-bond donors (Lipinski definition) is 0. The van der Waals surface area contributed by atoms with Gasteiger partial charge in [-0.1, -0.05) is 37.6 Å². The van der Waals surface area contributed by atoms with E-state index >= 15 is 0 Å². The van der Waals surface area contributed by atoms with Gasteiger partial charge in [0, 0.05) is 22.5 Å². The number of benzene rings is 2. The topological polar surface area (TPSA) is 22.1 Å². The van der Waals surface area contributed by atoms with Gasteiger partial charge in [-0.2, -0.15) is 0 Å². The number of aromatic nitrogens is 1. The Hall–Kier alpha value is -2.09. The predicted octanol–water partition coefficient (Wildman–Crippen LogP) is 4.74. The van der Waals surface area contributed by atoms with Crippen LogP contribution in [0.1, 0.15) is 25.5 Å². The average molecular weight is 265 g/mol. The minimum absolute atomic E-state index is 0.863. The maximum Gasteiger partial charge on any atom is 0.121 e. The standard InChI is InChI=1S/C18H19NO/c1-3-4-9-17-15-8-6-5-7-14(15)16-11-10-13(20-2)12-18(16)19-17/h5-8,10-12H,3-4,9H2,1-2H3. The lowest BCUT2D eigenvalue weighted by Gasteiger charge is -2.10. The smallest absolute Gasteiger partial charge is 0.121 e. The molecule has 3 aromatic rings. The Kier molecular flexibility index (Phi) is 3.55. The van der Waals surface area contributed by atoms with Gasteiger partial charge in [-0.05, 0) is 30.4 Å². The molecular formula is C18H19NO. The van der Waals surface area contributed by atoms with Gasteiger partial charge in [0.15, 0.2) is 0 Å². The Balaban J connectivity index is 2.29. The zero-order valence-electron chi connectivity index (χ0n) is 12.0. The molecule has 0 saturated carbocycles. The second kappa shape index (κ2) is 5.49. The summed E-state index contributed by atoms with van der Waals surface area (Å²) in [6, 6.07) is 14.7. The summed E-state index contributed by atoms with van der Waals surface area (Å²) in [5, 5.41) is 3.76. The van der Waals surface area contributed by atoms with E-state index in [2.05, 4.69) is 37.3 Å². The van der Waals surface area contributed by atoms with Crippen LogP contribution in [0.5, 0.6) is 5.75 Å². The van der Waals surface area contributed by atoms with E-state index in [1.165, 1.54) is 34.7 Å². The molecule has 0 bridgehead atoms. The highest BCUT2D eigenvalue weighted by atomic mass is 16.5. The molecule has 3 rings (SSSR count). The van der Waals surface area contributed by atoms with Crippen LogP contribution in [-0.4, -0.2) is 12.1 Å². The van der Waals surface area contributed by atoms with Gasteiger partial charge < -0.3 is 4.74 Å². The van der Waals surface area contributed by atoms with Crippen molar-refractivity contribution >= 4 is 21.7 Å². The van der Waals surface area contributed by atoms with Gasteiger partial charge in [0.2, 0.25) is 0 Å². The zero-order valence-corrected chi connectivity index (χ0v) is 12.0. The number of unbranched alkanes of at least 4 members (excludes halogenated alkanes) is 1. The van der Waals surface area contributed by atoms with Crippen molar-refractivity contribution in [3.05, 3.63) is 48.2 Å². The maximum absolute atomic E-state index is 5.32. The summed E-state index contributed by atoms with van der Waals surface area (Å²) in [5.74, 6) is 0.863. The molecule has 0 radical (unpaired) electrons. The Bertz CT molecular complexity index is 749. The third-order valence-electron chi connectivity index (χ3n) is 3.76. The number of fused-ring (bicyclic) bond motifs is 3. The van der Waals surface area contributed by atoms with Crippen molar-refractivity contribution in [3.8, 4) is 5.75 Å². The van der Waals surface area contributed by atoms with Gasteiger partial charge in [0.05, 0.1) is 12.6 Å². The Morgan fingerprint density at radius 3 is 2.55 bits per heavy atom. The summed E-state index contributed by atoms with van der Waals surface area (Å²) < 4.78 is 5.32. The van der Waals surface area contributed by atoms with Crippen molar-refractivity contribution in [2.45, 2.75) is 26.2 Å². The molecule has 0 aliphatic heterocycles. The predicted molar refractivity (Wildman–Crippen MR) is 84.4 cm³/mol. The lowest BCUT2D eigenvalue weighted by Crippen LogP contribution is -1.94. The molecule has 1 heterocycles. The second-order valence-corrected chi connectivity index (χ2v) is 5.09. The van der Waals surface area contributed by atoms with Gasteiger partial charge in [-0.15, -0.1) is 0 Å². The summed E-state index contributed by atoms with van der Waals surface area (Å²) in [4.78, 5) is 4.87. The van der Waals surface area contributed by atoms with Crippen LogP contribution in [0, 0.1) is 0 Å². The van der Waals surface area contributed by atoms with Crippen LogP contribution in [0.25, 0.3) is 21.7 Å². The van der Waals surface area contributed by atoms with Crippen molar-refractivity contribution in [1.29, 1.82) is 0 Å². The highest BCUT2D eigenvalue weighted by Gasteiger charge is 2.08. The average Bonchev–Trinajstić information content (AvgIpc) is 2.52. The molecule has 2 heteroatoms. The van der Waals surface area contributed by atoms with Crippen LogP contribution in [0.4, 0.5) is 0 Å². The third-order valence-corrected chi connectivity index (χ3v) is 3.76. The van der Waals surface area contributed by atoms with Crippen LogP contribution in [-0.2, 0) is 6.42 Å². The van der Waals surface area contributed by atoms with Crippen LogP contribution in [0.15, 0.2) is 42.5 Å². The summed E-state index contributed by atoms with van der Waals surface area (Å²) in [5.41, 5.74) is 2.22. The number of methoxy groups -OCH3 is 1. The normalized spacial score (nSPS) is 11.1. The quantitative estimate of drug-likeness (QED) is 0.636. The highest BCUT2D eigenvalue weighted by molar-refractivity contribution is 6.06. The lowest BCUT2D eigenvalue weighted by atomic mass is 10.0. The number of aryl methyl sites for hydroxylation is 1. The number of rotatable bonds is 4. The van der Waals surface area contributed by atoms with Crippen molar-refractivity contribution in [3.63, 3.8) is 0 Å².